The zero-order chi connectivity index (χ0) is 13.7. The highest BCUT2D eigenvalue weighted by atomic mass is 16.2. The third-order valence-electron chi connectivity index (χ3n) is 3.31. The van der Waals surface area contributed by atoms with E-state index in [1.807, 2.05) is 4.90 Å². The van der Waals surface area contributed by atoms with Gasteiger partial charge in [0.15, 0.2) is 0 Å². The molecule has 0 atom stereocenters. The number of nitrogens with one attached hydrogen (secondary N) is 1. The molecule has 6 heteroatoms. The maximum Gasteiger partial charge on any atom is 0.254 e. The monoisotopic (exact) mass is 264 g/mol. The van der Waals surface area contributed by atoms with Crippen LogP contribution in [0, 0.1) is 0 Å². The van der Waals surface area contributed by atoms with E-state index in [1.165, 1.54) is 6.20 Å². The van der Waals surface area contributed by atoms with Gasteiger partial charge in [-0.05, 0) is 12.8 Å². The van der Waals surface area contributed by atoms with E-state index < -0.39 is 0 Å². The third kappa shape index (κ3) is 3.81. The fourth-order valence-electron chi connectivity index (χ4n) is 2.22. The zero-order valence-electron chi connectivity index (χ0n) is 11.3. The smallest absolute Gasteiger partial charge is 0.254 e. The lowest BCUT2D eigenvalue weighted by molar-refractivity contribution is -0.130. The van der Waals surface area contributed by atoms with Crippen molar-refractivity contribution >= 4 is 11.8 Å². The molecule has 1 fully saturated rings. The molecular weight excluding hydrogens is 244 g/mol. The molecule has 104 valence electrons. The SMILES string of the molecule is Cn1cc(C(=O)NCCN2CCCCCC2=O)cn1. The van der Waals surface area contributed by atoms with E-state index in [2.05, 4.69) is 10.4 Å². The first kappa shape index (κ1) is 13.6. The maximum atomic E-state index is 11.8. The Balaban J connectivity index is 1.76. The van der Waals surface area contributed by atoms with Crippen LogP contribution in [-0.2, 0) is 11.8 Å². The molecule has 2 amide bonds. The van der Waals surface area contributed by atoms with E-state index in [-0.39, 0.29) is 11.8 Å². The summed E-state index contributed by atoms with van der Waals surface area (Å²) >= 11 is 0. The summed E-state index contributed by atoms with van der Waals surface area (Å²) in [7, 11) is 1.77. The van der Waals surface area contributed by atoms with Crippen LogP contribution in [0.5, 0.6) is 0 Å². The highest BCUT2D eigenvalue weighted by Crippen LogP contribution is 2.10. The van der Waals surface area contributed by atoms with Crippen LogP contribution in [0.1, 0.15) is 36.0 Å². The Hall–Kier alpha value is -1.85. The third-order valence-corrected chi connectivity index (χ3v) is 3.31. The highest BCUT2D eigenvalue weighted by Gasteiger charge is 2.16. The van der Waals surface area contributed by atoms with Crippen molar-refractivity contribution in [1.82, 2.24) is 20.0 Å². The predicted octanol–water partition coefficient (Wildman–Crippen LogP) is 0.552. The molecule has 6 nitrogen and oxygen atoms in total. The molecule has 1 aromatic rings. The van der Waals surface area contributed by atoms with E-state index in [4.69, 9.17) is 0 Å². The van der Waals surface area contributed by atoms with Crippen LogP contribution in [0.3, 0.4) is 0 Å². The van der Waals surface area contributed by atoms with Crippen LogP contribution in [0.4, 0.5) is 0 Å². The minimum atomic E-state index is -0.143. The molecule has 1 saturated heterocycles. The second-order valence-electron chi connectivity index (χ2n) is 4.85. The Bertz CT molecular complexity index is 455. The molecule has 0 saturated carbocycles. The normalized spacial score (nSPS) is 16.3. The number of amides is 2. The molecule has 2 rings (SSSR count). The van der Waals surface area contributed by atoms with Crippen LogP contribution in [-0.4, -0.2) is 46.1 Å². The lowest BCUT2D eigenvalue weighted by Gasteiger charge is -2.20. The van der Waals surface area contributed by atoms with Gasteiger partial charge < -0.3 is 10.2 Å². The van der Waals surface area contributed by atoms with Gasteiger partial charge in [0.25, 0.3) is 5.91 Å². The molecule has 2 heterocycles. The zero-order valence-corrected chi connectivity index (χ0v) is 11.3. The number of carbonyl (C=O) groups excluding carboxylic acids is 2. The van der Waals surface area contributed by atoms with Crippen molar-refractivity contribution in [3.8, 4) is 0 Å². The molecule has 19 heavy (non-hydrogen) atoms. The second kappa shape index (κ2) is 6.36. The van der Waals surface area contributed by atoms with Gasteiger partial charge in [-0.2, -0.15) is 5.10 Å². The van der Waals surface area contributed by atoms with Gasteiger partial charge in [0, 0.05) is 39.3 Å². The minimum absolute atomic E-state index is 0.143. The summed E-state index contributed by atoms with van der Waals surface area (Å²) in [6.07, 6.45) is 7.00. The van der Waals surface area contributed by atoms with Crippen molar-refractivity contribution in [2.45, 2.75) is 25.7 Å². The van der Waals surface area contributed by atoms with Crippen LogP contribution in [0.25, 0.3) is 0 Å². The van der Waals surface area contributed by atoms with Crippen molar-refractivity contribution in [2.75, 3.05) is 19.6 Å². The fraction of sp³-hybridized carbons (Fsp3) is 0.615. The summed E-state index contributed by atoms with van der Waals surface area (Å²) < 4.78 is 1.59. The van der Waals surface area contributed by atoms with Crippen molar-refractivity contribution in [3.63, 3.8) is 0 Å². The van der Waals surface area contributed by atoms with Gasteiger partial charge in [0.1, 0.15) is 0 Å². The molecule has 0 aromatic carbocycles. The largest absolute Gasteiger partial charge is 0.350 e. The summed E-state index contributed by atoms with van der Waals surface area (Å²) in [6, 6.07) is 0. The summed E-state index contributed by atoms with van der Waals surface area (Å²) in [6.45, 7) is 1.88. The summed E-state index contributed by atoms with van der Waals surface area (Å²) in [5.74, 6) is 0.0588. The number of hydrogen-bond donors (Lipinski definition) is 1. The van der Waals surface area contributed by atoms with E-state index in [9.17, 15) is 9.59 Å². The Morgan fingerprint density at radius 3 is 3.00 bits per heavy atom. The van der Waals surface area contributed by atoms with Gasteiger partial charge in [-0.15, -0.1) is 0 Å². The van der Waals surface area contributed by atoms with Gasteiger partial charge >= 0.3 is 0 Å². The molecule has 1 N–H and O–H groups in total. The Kier molecular flexibility index (Phi) is 4.54. The summed E-state index contributed by atoms with van der Waals surface area (Å²) in [5.41, 5.74) is 0.546. The quantitative estimate of drug-likeness (QED) is 0.863. The van der Waals surface area contributed by atoms with E-state index in [0.29, 0.717) is 25.1 Å². The standard InChI is InChI=1S/C13H20N4O2/c1-16-10-11(9-15-16)13(19)14-6-8-17-7-4-2-3-5-12(17)18/h9-10H,2-8H2,1H3,(H,14,19). The molecule has 0 aliphatic carbocycles. The lowest BCUT2D eigenvalue weighted by atomic mass is 10.2. The molecule has 0 bridgehead atoms. The molecular formula is C13H20N4O2. The Morgan fingerprint density at radius 1 is 1.42 bits per heavy atom. The van der Waals surface area contributed by atoms with Crippen molar-refractivity contribution in [2.24, 2.45) is 7.05 Å². The van der Waals surface area contributed by atoms with E-state index >= 15 is 0 Å². The topological polar surface area (TPSA) is 67.2 Å². The summed E-state index contributed by atoms with van der Waals surface area (Å²) in [4.78, 5) is 25.4. The fourth-order valence-corrected chi connectivity index (χ4v) is 2.22. The molecule has 0 radical (unpaired) electrons. The highest BCUT2D eigenvalue weighted by molar-refractivity contribution is 5.93. The van der Waals surface area contributed by atoms with Gasteiger partial charge in [0.2, 0.25) is 5.91 Å². The molecule has 0 unspecified atom stereocenters. The number of aromatic nitrogens is 2. The van der Waals surface area contributed by atoms with Crippen molar-refractivity contribution in [1.29, 1.82) is 0 Å². The number of carbonyl (C=O) groups is 2. The number of hydrogen-bond acceptors (Lipinski definition) is 3. The first-order valence-electron chi connectivity index (χ1n) is 6.71. The maximum absolute atomic E-state index is 11.8. The summed E-state index contributed by atoms with van der Waals surface area (Å²) in [5, 5.41) is 6.77. The van der Waals surface area contributed by atoms with Crippen LogP contribution in [0.15, 0.2) is 12.4 Å². The first-order valence-corrected chi connectivity index (χ1v) is 6.71. The van der Waals surface area contributed by atoms with Gasteiger partial charge in [-0.25, -0.2) is 0 Å². The van der Waals surface area contributed by atoms with Crippen molar-refractivity contribution < 1.29 is 9.59 Å². The Morgan fingerprint density at radius 2 is 2.26 bits per heavy atom. The first-order chi connectivity index (χ1) is 9.16. The average Bonchev–Trinajstić information content (AvgIpc) is 2.72. The lowest BCUT2D eigenvalue weighted by Crippen LogP contribution is -2.38. The molecule has 1 aliphatic rings. The number of rotatable bonds is 4. The van der Waals surface area contributed by atoms with E-state index in [1.54, 1.807) is 17.9 Å². The minimum Gasteiger partial charge on any atom is -0.350 e. The number of likely N-dealkylation sites (tertiary alicyclic amines) is 1. The molecule has 1 aromatic heterocycles. The van der Waals surface area contributed by atoms with Gasteiger partial charge in [-0.3, -0.25) is 14.3 Å². The predicted molar refractivity (Wildman–Crippen MR) is 70.6 cm³/mol. The van der Waals surface area contributed by atoms with Crippen molar-refractivity contribution in [3.05, 3.63) is 18.0 Å². The number of aryl methyl sites for hydroxylation is 1. The van der Waals surface area contributed by atoms with Crippen LogP contribution >= 0.6 is 0 Å². The average molecular weight is 264 g/mol. The Labute approximate surface area is 112 Å². The van der Waals surface area contributed by atoms with Gasteiger partial charge in [0.05, 0.1) is 11.8 Å². The van der Waals surface area contributed by atoms with Crippen LogP contribution in [0.2, 0.25) is 0 Å². The van der Waals surface area contributed by atoms with Crippen LogP contribution < -0.4 is 5.32 Å². The molecule has 1 aliphatic heterocycles. The van der Waals surface area contributed by atoms with Gasteiger partial charge in [-0.1, -0.05) is 6.42 Å². The second-order valence-corrected chi connectivity index (χ2v) is 4.85. The number of nitrogens with zero attached hydrogens (tertiary/aromatic N) is 3. The molecule has 0 spiro atoms. The van der Waals surface area contributed by atoms with E-state index in [0.717, 1.165) is 25.8 Å².